The number of piperazine rings is 1. The van der Waals surface area contributed by atoms with E-state index in [0.717, 1.165) is 57.0 Å². The van der Waals surface area contributed by atoms with Gasteiger partial charge in [0, 0.05) is 44.3 Å². The third-order valence-electron chi connectivity index (χ3n) is 5.70. The summed E-state index contributed by atoms with van der Waals surface area (Å²) in [7, 11) is 0. The lowest BCUT2D eigenvalue weighted by Gasteiger charge is -2.49. The number of carbonyl (C=O) groups is 1. The second-order valence-electron chi connectivity index (χ2n) is 7.51. The lowest BCUT2D eigenvalue weighted by atomic mass is 9.86. The number of rotatable bonds is 2. The number of aryl methyl sites for hydroxylation is 2. The van der Waals surface area contributed by atoms with Crippen LogP contribution in [0.2, 0.25) is 0 Å². The Morgan fingerprint density at radius 1 is 1.21 bits per heavy atom. The van der Waals surface area contributed by atoms with Crippen LogP contribution in [0.15, 0.2) is 6.33 Å². The number of hydrogen-bond acceptors (Lipinski definition) is 5. The number of carbonyl (C=O) groups excluding carboxylic acids is 1. The molecule has 1 amide bonds. The van der Waals surface area contributed by atoms with Crippen LogP contribution in [0, 0.1) is 13.8 Å². The molecule has 6 heteroatoms. The van der Waals surface area contributed by atoms with Gasteiger partial charge in [-0.1, -0.05) is 0 Å². The van der Waals surface area contributed by atoms with E-state index in [4.69, 9.17) is 0 Å². The van der Waals surface area contributed by atoms with Crippen molar-refractivity contribution in [1.29, 1.82) is 0 Å². The van der Waals surface area contributed by atoms with Crippen molar-refractivity contribution in [2.24, 2.45) is 0 Å². The van der Waals surface area contributed by atoms with Crippen LogP contribution in [-0.4, -0.2) is 70.0 Å². The van der Waals surface area contributed by atoms with Gasteiger partial charge in [0.15, 0.2) is 0 Å². The van der Waals surface area contributed by atoms with Crippen molar-refractivity contribution in [3.05, 3.63) is 23.3 Å². The van der Waals surface area contributed by atoms with E-state index in [1.54, 1.807) is 0 Å². The molecule has 132 valence electrons. The van der Waals surface area contributed by atoms with E-state index < -0.39 is 0 Å². The van der Waals surface area contributed by atoms with E-state index in [-0.39, 0.29) is 11.4 Å². The fraction of sp³-hybridized carbons (Fsp3) is 0.722. The Morgan fingerprint density at radius 3 is 2.42 bits per heavy atom. The monoisotopic (exact) mass is 331 g/mol. The number of piperidine rings is 1. The van der Waals surface area contributed by atoms with Crippen LogP contribution in [0.3, 0.4) is 0 Å². The molecule has 0 bridgehead atoms. The van der Waals surface area contributed by atoms with Gasteiger partial charge in [0.05, 0.1) is 17.0 Å². The fourth-order valence-electron chi connectivity index (χ4n) is 3.99. The molecule has 2 aliphatic heterocycles. The quantitative estimate of drug-likeness (QED) is 0.887. The average Bonchev–Trinajstić information content (AvgIpc) is 2.55. The summed E-state index contributed by atoms with van der Waals surface area (Å²) in [5.74, 6) is 0.0846. The van der Waals surface area contributed by atoms with E-state index in [1.165, 1.54) is 6.33 Å². The van der Waals surface area contributed by atoms with Crippen LogP contribution in [0.25, 0.3) is 0 Å². The van der Waals surface area contributed by atoms with Gasteiger partial charge in [-0.25, -0.2) is 9.97 Å². The van der Waals surface area contributed by atoms with E-state index >= 15 is 0 Å². The molecule has 2 saturated heterocycles. The highest BCUT2D eigenvalue weighted by molar-refractivity contribution is 5.96. The highest BCUT2D eigenvalue weighted by atomic mass is 16.2. The Balaban J connectivity index is 1.67. The number of nitrogens with one attached hydrogen (secondary N) is 1. The molecule has 0 radical (unpaired) electrons. The number of nitrogens with zero attached hydrogens (tertiary/aromatic N) is 4. The lowest BCUT2D eigenvalue weighted by molar-refractivity contribution is 0.0164. The summed E-state index contributed by atoms with van der Waals surface area (Å²) in [5, 5.41) is 3.51. The van der Waals surface area contributed by atoms with Crippen LogP contribution >= 0.6 is 0 Å². The van der Waals surface area contributed by atoms with Crippen molar-refractivity contribution in [3.63, 3.8) is 0 Å². The molecule has 6 nitrogen and oxygen atoms in total. The summed E-state index contributed by atoms with van der Waals surface area (Å²) < 4.78 is 0. The Bertz CT molecular complexity index is 589. The third kappa shape index (κ3) is 3.30. The molecule has 0 aliphatic carbocycles. The number of aromatic nitrogens is 2. The van der Waals surface area contributed by atoms with Gasteiger partial charge in [0.25, 0.3) is 5.91 Å². The molecule has 1 atom stereocenters. The molecular weight excluding hydrogens is 302 g/mol. The first-order valence-corrected chi connectivity index (χ1v) is 8.96. The molecule has 3 heterocycles. The normalized spacial score (nSPS) is 24.8. The highest BCUT2D eigenvalue weighted by Gasteiger charge is 2.38. The molecular formula is C18H29N5O. The molecule has 0 saturated carbocycles. The second kappa shape index (κ2) is 6.76. The predicted octanol–water partition coefficient (Wildman–Crippen LogP) is 1.38. The van der Waals surface area contributed by atoms with Crippen molar-refractivity contribution >= 4 is 5.91 Å². The van der Waals surface area contributed by atoms with Crippen molar-refractivity contribution in [2.45, 2.75) is 52.1 Å². The van der Waals surface area contributed by atoms with Crippen LogP contribution < -0.4 is 5.32 Å². The number of likely N-dealkylation sites (tertiary alicyclic amines) is 1. The Kier molecular flexibility index (Phi) is 4.88. The lowest BCUT2D eigenvalue weighted by Crippen LogP contribution is -2.61. The summed E-state index contributed by atoms with van der Waals surface area (Å²) in [5.41, 5.74) is 2.43. The van der Waals surface area contributed by atoms with Gasteiger partial charge in [0.2, 0.25) is 0 Å². The van der Waals surface area contributed by atoms with Gasteiger partial charge in [-0.2, -0.15) is 0 Å². The minimum Gasteiger partial charge on any atom is -0.338 e. The maximum Gasteiger partial charge on any atom is 0.257 e. The molecule has 24 heavy (non-hydrogen) atoms. The van der Waals surface area contributed by atoms with Crippen LogP contribution in [0.4, 0.5) is 0 Å². The van der Waals surface area contributed by atoms with Gasteiger partial charge >= 0.3 is 0 Å². The summed E-state index contributed by atoms with van der Waals surface area (Å²) in [4.78, 5) is 25.9. The minimum atomic E-state index is 0.0846. The van der Waals surface area contributed by atoms with Crippen molar-refractivity contribution < 1.29 is 4.79 Å². The van der Waals surface area contributed by atoms with Crippen molar-refractivity contribution in [1.82, 2.24) is 25.1 Å². The van der Waals surface area contributed by atoms with E-state index in [0.29, 0.717) is 11.6 Å². The zero-order valence-electron chi connectivity index (χ0n) is 15.3. The summed E-state index contributed by atoms with van der Waals surface area (Å²) in [6.45, 7) is 13.2. The van der Waals surface area contributed by atoms with Gasteiger partial charge in [-0.05, 0) is 40.5 Å². The van der Waals surface area contributed by atoms with Gasteiger partial charge in [0.1, 0.15) is 6.33 Å². The summed E-state index contributed by atoms with van der Waals surface area (Å²) in [6, 6.07) is 0.544. The first kappa shape index (κ1) is 17.3. The highest BCUT2D eigenvalue weighted by Crippen LogP contribution is 2.30. The molecule has 2 fully saturated rings. The van der Waals surface area contributed by atoms with E-state index in [1.807, 2.05) is 18.7 Å². The standard InChI is InChI=1S/C18H29N5O/c1-13-11-23(10-7-19-13)18(4)5-8-22(9-6-18)17(24)16-14(2)20-12-21-15(16)3/h12-13,19H,5-11H2,1-4H3. The van der Waals surface area contributed by atoms with E-state index in [2.05, 4.69) is 34.0 Å². The largest absolute Gasteiger partial charge is 0.338 e. The number of amides is 1. The zero-order chi connectivity index (χ0) is 17.3. The van der Waals surface area contributed by atoms with Crippen molar-refractivity contribution in [3.8, 4) is 0 Å². The first-order valence-electron chi connectivity index (χ1n) is 8.96. The van der Waals surface area contributed by atoms with Gasteiger partial charge < -0.3 is 10.2 Å². The van der Waals surface area contributed by atoms with Gasteiger partial charge in [-0.15, -0.1) is 0 Å². The third-order valence-corrected chi connectivity index (χ3v) is 5.70. The zero-order valence-corrected chi connectivity index (χ0v) is 15.3. The van der Waals surface area contributed by atoms with Crippen molar-refractivity contribution in [2.75, 3.05) is 32.7 Å². The molecule has 0 aromatic carbocycles. The molecule has 1 aromatic rings. The maximum atomic E-state index is 12.9. The molecule has 3 rings (SSSR count). The minimum absolute atomic E-state index is 0.0846. The van der Waals surface area contributed by atoms with Crippen LogP contribution in [0.1, 0.15) is 48.4 Å². The average molecular weight is 331 g/mol. The topological polar surface area (TPSA) is 61.4 Å². The fourth-order valence-corrected chi connectivity index (χ4v) is 3.99. The SMILES string of the molecule is Cc1ncnc(C)c1C(=O)N1CCC(C)(N2CCNC(C)C2)CC1. The van der Waals surface area contributed by atoms with E-state index in [9.17, 15) is 4.79 Å². The summed E-state index contributed by atoms with van der Waals surface area (Å²) >= 11 is 0. The Labute approximate surface area is 144 Å². The molecule has 0 spiro atoms. The number of hydrogen-bond donors (Lipinski definition) is 1. The Hall–Kier alpha value is -1.53. The van der Waals surface area contributed by atoms with Crippen LogP contribution in [0.5, 0.6) is 0 Å². The smallest absolute Gasteiger partial charge is 0.257 e. The maximum absolute atomic E-state index is 12.9. The summed E-state index contributed by atoms with van der Waals surface area (Å²) in [6.07, 6.45) is 3.58. The molecule has 2 aliphatic rings. The second-order valence-corrected chi connectivity index (χ2v) is 7.51. The van der Waals surface area contributed by atoms with Crippen LogP contribution in [-0.2, 0) is 0 Å². The molecule has 1 N–H and O–H groups in total. The predicted molar refractivity (Wildman–Crippen MR) is 94.1 cm³/mol. The first-order chi connectivity index (χ1) is 11.4. The molecule has 1 aromatic heterocycles. The molecule has 1 unspecified atom stereocenters. The Morgan fingerprint density at radius 2 is 1.83 bits per heavy atom. The van der Waals surface area contributed by atoms with Gasteiger partial charge in [-0.3, -0.25) is 9.69 Å².